The number of hydrogen-bond acceptors (Lipinski definition) is 6. The molecule has 0 aliphatic carbocycles. The van der Waals surface area contributed by atoms with Gasteiger partial charge in [-0.1, -0.05) is 28.0 Å². The number of anilines is 1. The SMILES string of the molecule is CCCn1nnnc1NCc1cc(Br)cc(OC)c1OC(C)C. The average Bonchev–Trinajstić information content (AvgIpc) is 2.94. The average molecular weight is 384 g/mol. The highest BCUT2D eigenvalue weighted by Crippen LogP contribution is 2.36. The fourth-order valence-corrected chi connectivity index (χ4v) is 2.63. The van der Waals surface area contributed by atoms with Gasteiger partial charge in [0.25, 0.3) is 0 Å². The normalized spacial score (nSPS) is 10.9. The van der Waals surface area contributed by atoms with Crippen molar-refractivity contribution in [1.29, 1.82) is 0 Å². The van der Waals surface area contributed by atoms with Crippen LogP contribution in [0.2, 0.25) is 0 Å². The van der Waals surface area contributed by atoms with E-state index in [1.165, 1.54) is 0 Å². The van der Waals surface area contributed by atoms with E-state index in [-0.39, 0.29) is 6.10 Å². The molecule has 23 heavy (non-hydrogen) atoms. The predicted molar refractivity (Wildman–Crippen MR) is 91.9 cm³/mol. The zero-order valence-electron chi connectivity index (χ0n) is 13.8. The summed E-state index contributed by atoms with van der Waals surface area (Å²) in [6, 6.07) is 3.89. The standard InChI is InChI=1S/C15H22BrN5O2/c1-5-6-21-15(18-19-20-21)17-9-11-7-12(16)8-13(22-4)14(11)23-10(2)3/h7-8,10H,5-6,9H2,1-4H3,(H,17,18,20). The molecule has 1 aromatic carbocycles. The Labute approximate surface area is 144 Å². The van der Waals surface area contributed by atoms with Crippen LogP contribution < -0.4 is 14.8 Å². The monoisotopic (exact) mass is 383 g/mol. The van der Waals surface area contributed by atoms with Crippen molar-refractivity contribution in [2.24, 2.45) is 0 Å². The maximum atomic E-state index is 5.93. The predicted octanol–water partition coefficient (Wildman–Crippen LogP) is 3.25. The van der Waals surface area contributed by atoms with E-state index in [9.17, 15) is 0 Å². The molecule has 2 aromatic rings. The highest BCUT2D eigenvalue weighted by Gasteiger charge is 2.15. The molecule has 1 heterocycles. The van der Waals surface area contributed by atoms with Crippen LogP contribution in [0.15, 0.2) is 16.6 Å². The van der Waals surface area contributed by atoms with E-state index < -0.39 is 0 Å². The van der Waals surface area contributed by atoms with Crippen LogP contribution in [0.5, 0.6) is 11.5 Å². The number of benzene rings is 1. The highest BCUT2D eigenvalue weighted by molar-refractivity contribution is 9.10. The molecule has 0 spiro atoms. The van der Waals surface area contributed by atoms with E-state index in [1.54, 1.807) is 11.8 Å². The minimum absolute atomic E-state index is 0.0502. The van der Waals surface area contributed by atoms with Gasteiger partial charge in [0.05, 0.1) is 13.2 Å². The number of methoxy groups -OCH3 is 1. The van der Waals surface area contributed by atoms with Crippen molar-refractivity contribution in [2.45, 2.75) is 46.4 Å². The Morgan fingerprint density at radius 1 is 1.35 bits per heavy atom. The largest absolute Gasteiger partial charge is 0.493 e. The summed E-state index contributed by atoms with van der Waals surface area (Å²) in [5, 5.41) is 14.9. The molecule has 0 saturated heterocycles. The maximum absolute atomic E-state index is 5.93. The van der Waals surface area contributed by atoms with Crippen LogP contribution in [0.25, 0.3) is 0 Å². The number of nitrogens with one attached hydrogen (secondary N) is 1. The van der Waals surface area contributed by atoms with Crippen molar-refractivity contribution in [3.05, 3.63) is 22.2 Å². The molecule has 0 radical (unpaired) electrons. The molecule has 126 valence electrons. The second kappa shape index (κ2) is 8.14. The first-order valence-corrected chi connectivity index (χ1v) is 8.37. The third-order valence-electron chi connectivity index (χ3n) is 3.07. The number of aromatic nitrogens is 4. The molecule has 0 saturated carbocycles. The zero-order chi connectivity index (χ0) is 16.8. The lowest BCUT2D eigenvalue weighted by molar-refractivity contribution is 0.228. The summed E-state index contributed by atoms with van der Waals surface area (Å²) in [5.74, 6) is 2.06. The number of hydrogen-bond donors (Lipinski definition) is 1. The first-order chi connectivity index (χ1) is 11.0. The summed E-state index contributed by atoms with van der Waals surface area (Å²) in [7, 11) is 1.63. The van der Waals surface area contributed by atoms with Crippen LogP contribution in [0, 0.1) is 0 Å². The van der Waals surface area contributed by atoms with Crippen molar-refractivity contribution < 1.29 is 9.47 Å². The van der Waals surface area contributed by atoms with Crippen molar-refractivity contribution in [1.82, 2.24) is 20.2 Å². The Morgan fingerprint density at radius 3 is 2.78 bits per heavy atom. The van der Waals surface area contributed by atoms with Gasteiger partial charge in [0.1, 0.15) is 0 Å². The van der Waals surface area contributed by atoms with E-state index in [0.29, 0.717) is 18.2 Å². The van der Waals surface area contributed by atoms with E-state index in [2.05, 4.69) is 43.7 Å². The number of tetrazole rings is 1. The lowest BCUT2D eigenvalue weighted by atomic mass is 10.2. The molecule has 0 amide bonds. The molecule has 1 aromatic heterocycles. The van der Waals surface area contributed by atoms with Gasteiger partial charge in [0, 0.05) is 23.1 Å². The number of rotatable bonds is 8. The van der Waals surface area contributed by atoms with E-state index in [1.807, 2.05) is 26.0 Å². The number of halogens is 1. The lowest BCUT2D eigenvalue weighted by Gasteiger charge is -2.18. The summed E-state index contributed by atoms with van der Waals surface area (Å²) in [6.07, 6.45) is 1.01. The Bertz CT molecular complexity index is 645. The van der Waals surface area contributed by atoms with E-state index in [0.717, 1.165) is 28.8 Å². The third-order valence-corrected chi connectivity index (χ3v) is 3.53. The minimum Gasteiger partial charge on any atom is -0.493 e. The molecule has 0 aliphatic rings. The summed E-state index contributed by atoms with van der Waals surface area (Å²) in [5.41, 5.74) is 0.968. The second-order valence-electron chi connectivity index (χ2n) is 5.34. The Kier molecular flexibility index (Phi) is 6.20. The van der Waals surface area contributed by atoms with Gasteiger partial charge in [-0.2, -0.15) is 0 Å². The quantitative estimate of drug-likeness (QED) is 0.753. The molecule has 0 unspecified atom stereocenters. The summed E-state index contributed by atoms with van der Waals surface area (Å²) >= 11 is 3.50. The smallest absolute Gasteiger partial charge is 0.243 e. The van der Waals surface area contributed by atoms with Crippen LogP contribution in [0.4, 0.5) is 5.95 Å². The molecular formula is C15H22BrN5O2. The molecule has 7 nitrogen and oxygen atoms in total. The van der Waals surface area contributed by atoms with Crippen LogP contribution in [0.1, 0.15) is 32.8 Å². The Morgan fingerprint density at radius 2 is 2.13 bits per heavy atom. The summed E-state index contributed by atoms with van der Waals surface area (Å²) in [4.78, 5) is 0. The summed E-state index contributed by atoms with van der Waals surface area (Å²) in [6.45, 7) is 7.36. The first kappa shape index (κ1) is 17.5. The van der Waals surface area contributed by atoms with Crippen molar-refractivity contribution in [3.8, 4) is 11.5 Å². The van der Waals surface area contributed by atoms with Crippen molar-refractivity contribution in [2.75, 3.05) is 12.4 Å². The van der Waals surface area contributed by atoms with E-state index in [4.69, 9.17) is 9.47 Å². The van der Waals surface area contributed by atoms with Gasteiger partial charge in [0.2, 0.25) is 5.95 Å². The topological polar surface area (TPSA) is 74.1 Å². The van der Waals surface area contributed by atoms with Crippen LogP contribution >= 0.6 is 15.9 Å². The Hall–Kier alpha value is -1.83. The van der Waals surface area contributed by atoms with Gasteiger partial charge in [-0.3, -0.25) is 0 Å². The van der Waals surface area contributed by atoms with Gasteiger partial charge in [0.15, 0.2) is 11.5 Å². The summed E-state index contributed by atoms with van der Waals surface area (Å²) < 4.78 is 14.0. The molecule has 0 fully saturated rings. The van der Waals surface area contributed by atoms with Crippen LogP contribution in [-0.4, -0.2) is 33.4 Å². The first-order valence-electron chi connectivity index (χ1n) is 7.58. The number of ether oxygens (including phenoxy) is 2. The van der Waals surface area contributed by atoms with Crippen molar-refractivity contribution in [3.63, 3.8) is 0 Å². The van der Waals surface area contributed by atoms with Gasteiger partial charge in [-0.05, 0) is 42.8 Å². The highest BCUT2D eigenvalue weighted by atomic mass is 79.9. The van der Waals surface area contributed by atoms with Gasteiger partial charge in [-0.25, -0.2) is 4.68 Å². The number of aryl methyl sites for hydroxylation is 1. The third kappa shape index (κ3) is 4.57. The van der Waals surface area contributed by atoms with E-state index >= 15 is 0 Å². The zero-order valence-corrected chi connectivity index (χ0v) is 15.4. The molecule has 2 rings (SSSR count). The van der Waals surface area contributed by atoms with Crippen LogP contribution in [0.3, 0.4) is 0 Å². The lowest BCUT2D eigenvalue weighted by Crippen LogP contribution is -2.12. The molecular weight excluding hydrogens is 362 g/mol. The fourth-order valence-electron chi connectivity index (χ4n) is 2.14. The molecule has 1 N–H and O–H groups in total. The molecule has 0 bridgehead atoms. The van der Waals surface area contributed by atoms with Gasteiger partial charge >= 0.3 is 0 Å². The van der Waals surface area contributed by atoms with Crippen molar-refractivity contribution >= 4 is 21.9 Å². The molecule has 8 heteroatoms. The maximum Gasteiger partial charge on any atom is 0.243 e. The number of nitrogens with zero attached hydrogens (tertiary/aromatic N) is 4. The van der Waals surface area contributed by atoms with Gasteiger partial charge < -0.3 is 14.8 Å². The molecule has 0 aliphatic heterocycles. The minimum atomic E-state index is 0.0502. The van der Waals surface area contributed by atoms with Gasteiger partial charge in [-0.15, -0.1) is 0 Å². The molecule has 0 atom stereocenters. The Balaban J connectivity index is 2.23. The second-order valence-corrected chi connectivity index (χ2v) is 6.26. The fraction of sp³-hybridized carbons (Fsp3) is 0.533. The van der Waals surface area contributed by atoms with Crippen LogP contribution in [-0.2, 0) is 13.1 Å².